The lowest BCUT2D eigenvalue weighted by atomic mass is 10.0. The molecule has 0 unspecified atom stereocenters. The second-order valence-corrected chi connectivity index (χ2v) is 3.87. The van der Waals surface area contributed by atoms with Crippen molar-refractivity contribution in [1.82, 2.24) is 5.32 Å². The third kappa shape index (κ3) is 3.36. The maximum absolute atomic E-state index is 11.7. The van der Waals surface area contributed by atoms with Crippen LogP contribution in [0, 0.1) is 5.92 Å². The first-order valence-electron chi connectivity index (χ1n) is 5.12. The van der Waals surface area contributed by atoms with Gasteiger partial charge in [-0.3, -0.25) is 4.79 Å². The summed E-state index contributed by atoms with van der Waals surface area (Å²) in [6.45, 7) is 3.90. The van der Waals surface area contributed by atoms with Crippen LogP contribution in [0.4, 0.5) is 0 Å². The fourth-order valence-electron chi connectivity index (χ4n) is 1.26. The van der Waals surface area contributed by atoms with E-state index in [1.807, 2.05) is 32.0 Å². The Bertz CT molecular complexity index is 309. The van der Waals surface area contributed by atoms with Crippen LogP contribution in [0.2, 0.25) is 0 Å². The molecule has 1 amide bonds. The summed E-state index contributed by atoms with van der Waals surface area (Å²) < 4.78 is 0. The summed E-state index contributed by atoms with van der Waals surface area (Å²) in [4.78, 5) is 11.7. The van der Waals surface area contributed by atoms with Crippen LogP contribution >= 0.6 is 0 Å². The molecule has 0 saturated heterocycles. The number of aliphatic hydroxyl groups is 1. The summed E-state index contributed by atoms with van der Waals surface area (Å²) in [5.41, 5.74) is 0.622. The van der Waals surface area contributed by atoms with E-state index in [1.165, 1.54) is 0 Å². The number of rotatable bonds is 4. The molecule has 0 spiro atoms. The van der Waals surface area contributed by atoms with Crippen molar-refractivity contribution in [2.75, 3.05) is 6.61 Å². The second-order valence-electron chi connectivity index (χ2n) is 3.87. The summed E-state index contributed by atoms with van der Waals surface area (Å²) in [7, 11) is 0. The van der Waals surface area contributed by atoms with Crippen molar-refractivity contribution in [3.8, 4) is 0 Å². The van der Waals surface area contributed by atoms with Gasteiger partial charge in [-0.2, -0.15) is 0 Å². The van der Waals surface area contributed by atoms with Crippen molar-refractivity contribution < 1.29 is 9.90 Å². The third-order valence-corrected chi connectivity index (χ3v) is 2.35. The number of hydrogen-bond donors (Lipinski definition) is 2. The Labute approximate surface area is 90.1 Å². The van der Waals surface area contributed by atoms with E-state index in [4.69, 9.17) is 5.11 Å². The minimum Gasteiger partial charge on any atom is -0.394 e. The molecule has 0 aliphatic rings. The highest BCUT2D eigenvalue weighted by Gasteiger charge is 2.15. The highest BCUT2D eigenvalue weighted by Crippen LogP contribution is 2.03. The lowest BCUT2D eigenvalue weighted by Gasteiger charge is -2.19. The molecule has 0 saturated carbocycles. The van der Waals surface area contributed by atoms with Crippen LogP contribution in [0.25, 0.3) is 0 Å². The predicted octanol–water partition coefficient (Wildman–Crippen LogP) is 1.43. The zero-order chi connectivity index (χ0) is 11.3. The van der Waals surface area contributed by atoms with Crippen molar-refractivity contribution in [2.45, 2.75) is 19.9 Å². The van der Waals surface area contributed by atoms with E-state index in [-0.39, 0.29) is 24.5 Å². The van der Waals surface area contributed by atoms with Gasteiger partial charge in [0.05, 0.1) is 12.6 Å². The van der Waals surface area contributed by atoms with Gasteiger partial charge < -0.3 is 10.4 Å². The molecule has 1 atom stereocenters. The van der Waals surface area contributed by atoms with Gasteiger partial charge in [-0.05, 0) is 18.1 Å². The van der Waals surface area contributed by atoms with Gasteiger partial charge in [0.25, 0.3) is 5.91 Å². The molecule has 0 heterocycles. The Hall–Kier alpha value is -1.35. The molecule has 3 heteroatoms. The molecular weight excluding hydrogens is 190 g/mol. The molecule has 3 nitrogen and oxygen atoms in total. The molecule has 0 fully saturated rings. The highest BCUT2D eigenvalue weighted by molar-refractivity contribution is 5.94. The summed E-state index contributed by atoms with van der Waals surface area (Å²) in [5, 5.41) is 11.9. The lowest BCUT2D eigenvalue weighted by molar-refractivity contribution is 0.0897. The van der Waals surface area contributed by atoms with Gasteiger partial charge in [0.2, 0.25) is 0 Å². The zero-order valence-corrected chi connectivity index (χ0v) is 9.10. The van der Waals surface area contributed by atoms with Crippen LogP contribution < -0.4 is 5.32 Å². The Morgan fingerprint density at radius 2 is 1.93 bits per heavy atom. The first kappa shape index (κ1) is 11.7. The van der Waals surface area contributed by atoms with E-state index in [0.717, 1.165) is 0 Å². The van der Waals surface area contributed by atoms with Gasteiger partial charge in [0.15, 0.2) is 0 Å². The van der Waals surface area contributed by atoms with E-state index in [2.05, 4.69) is 5.32 Å². The predicted molar refractivity (Wildman–Crippen MR) is 59.6 cm³/mol. The number of carbonyl (C=O) groups is 1. The largest absolute Gasteiger partial charge is 0.394 e. The Kier molecular flexibility index (Phi) is 4.31. The van der Waals surface area contributed by atoms with E-state index in [0.29, 0.717) is 5.56 Å². The van der Waals surface area contributed by atoms with Gasteiger partial charge >= 0.3 is 0 Å². The lowest BCUT2D eigenvalue weighted by Crippen LogP contribution is -2.41. The molecule has 0 radical (unpaired) electrons. The number of hydrogen-bond acceptors (Lipinski definition) is 2. The SMILES string of the molecule is CC(C)[C@@H](CO)NC(=O)c1ccccc1. The average molecular weight is 207 g/mol. The summed E-state index contributed by atoms with van der Waals surface area (Å²) in [6.07, 6.45) is 0. The van der Waals surface area contributed by atoms with Crippen LogP contribution in [0.1, 0.15) is 24.2 Å². The molecule has 15 heavy (non-hydrogen) atoms. The van der Waals surface area contributed by atoms with Crippen molar-refractivity contribution in [2.24, 2.45) is 5.92 Å². The van der Waals surface area contributed by atoms with Crippen molar-refractivity contribution in [1.29, 1.82) is 0 Å². The van der Waals surface area contributed by atoms with Crippen LogP contribution in [-0.4, -0.2) is 23.7 Å². The van der Waals surface area contributed by atoms with Gasteiger partial charge in [-0.15, -0.1) is 0 Å². The minimum atomic E-state index is -0.183. The maximum Gasteiger partial charge on any atom is 0.251 e. The van der Waals surface area contributed by atoms with Gasteiger partial charge in [-0.1, -0.05) is 32.0 Å². The first-order valence-corrected chi connectivity index (χ1v) is 5.12. The molecule has 1 rings (SSSR count). The first-order chi connectivity index (χ1) is 7.15. The van der Waals surface area contributed by atoms with E-state index < -0.39 is 0 Å². The molecule has 1 aromatic carbocycles. The number of carbonyl (C=O) groups excluding carboxylic acids is 1. The zero-order valence-electron chi connectivity index (χ0n) is 9.10. The minimum absolute atomic E-state index is 0.0315. The molecule has 82 valence electrons. The molecule has 0 aliphatic heterocycles. The summed E-state index contributed by atoms with van der Waals surface area (Å²) in [6, 6.07) is 8.82. The number of benzene rings is 1. The normalized spacial score (nSPS) is 12.5. The molecule has 0 bridgehead atoms. The van der Waals surface area contributed by atoms with Crippen LogP contribution in [0.3, 0.4) is 0 Å². The van der Waals surface area contributed by atoms with Crippen molar-refractivity contribution in [3.05, 3.63) is 35.9 Å². The summed E-state index contributed by atoms with van der Waals surface area (Å²) >= 11 is 0. The monoisotopic (exact) mass is 207 g/mol. The maximum atomic E-state index is 11.7. The van der Waals surface area contributed by atoms with Gasteiger partial charge in [-0.25, -0.2) is 0 Å². The smallest absolute Gasteiger partial charge is 0.251 e. The fraction of sp³-hybridized carbons (Fsp3) is 0.417. The standard InChI is InChI=1S/C12H17NO2/c1-9(2)11(8-14)13-12(15)10-6-4-3-5-7-10/h3-7,9,11,14H,8H2,1-2H3,(H,13,15)/t11-/m1/s1. The van der Waals surface area contributed by atoms with E-state index in [1.54, 1.807) is 12.1 Å². The van der Waals surface area contributed by atoms with Crippen LogP contribution in [0.15, 0.2) is 30.3 Å². The Morgan fingerprint density at radius 1 is 1.33 bits per heavy atom. The topological polar surface area (TPSA) is 49.3 Å². The van der Waals surface area contributed by atoms with Crippen molar-refractivity contribution >= 4 is 5.91 Å². The number of amides is 1. The molecule has 1 aromatic rings. The molecule has 2 N–H and O–H groups in total. The third-order valence-electron chi connectivity index (χ3n) is 2.35. The highest BCUT2D eigenvalue weighted by atomic mass is 16.3. The molecular formula is C12H17NO2. The van der Waals surface area contributed by atoms with Gasteiger partial charge in [0, 0.05) is 5.56 Å². The molecule has 0 aromatic heterocycles. The number of nitrogens with one attached hydrogen (secondary N) is 1. The number of aliphatic hydroxyl groups excluding tert-OH is 1. The Balaban J connectivity index is 2.63. The van der Waals surface area contributed by atoms with Crippen LogP contribution in [0.5, 0.6) is 0 Å². The molecule has 0 aliphatic carbocycles. The van der Waals surface area contributed by atoms with Gasteiger partial charge in [0.1, 0.15) is 0 Å². The Morgan fingerprint density at radius 3 is 2.40 bits per heavy atom. The quantitative estimate of drug-likeness (QED) is 0.784. The van der Waals surface area contributed by atoms with Crippen molar-refractivity contribution in [3.63, 3.8) is 0 Å². The summed E-state index contributed by atoms with van der Waals surface area (Å²) in [5.74, 6) is 0.0889. The average Bonchev–Trinajstić information content (AvgIpc) is 2.26. The van der Waals surface area contributed by atoms with Crippen LogP contribution in [-0.2, 0) is 0 Å². The second kappa shape index (κ2) is 5.51. The fourth-order valence-corrected chi connectivity index (χ4v) is 1.26. The van der Waals surface area contributed by atoms with E-state index in [9.17, 15) is 4.79 Å². The van der Waals surface area contributed by atoms with E-state index >= 15 is 0 Å².